The summed E-state index contributed by atoms with van der Waals surface area (Å²) in [5, 5.41) is 15.3. The van der Waals surface area contributed by atoms with Gasteiger partial charge in [0.15, 0.2) is 0 Å². The van der Waals surface area contributed by atoms with E-state index < -0.39 is 11.8 Å². The molecule has 0 radical (unpaired) electrons. The molecule has 2 aromatic carbocycles. The van der Waals surface area contributed by atoms with Crippen LogP contribution in [0.15, 0.2) is 60.4 Å². The van der Waals surface area contributed by atoms with E-state index in [1.165, 1.54) is 7.11 Å². The van der Waals surface area contributed by atoms with Gasteiger partial charge in [-0.05, 0) is 31.2 Å². The summed E-state index contributed by atoms with van der Waals surface area (Å²) in [7, 11) is 1.48. The Morgan fingerprint density at radius 3 is 2.60 bits per heavy atom. The first-order valence-corrected chi connectivity index (χ1v) is 9.72. The number of rotatable bonds is 8. The van der Waals surface area contributed by atoms with Gasteiger partial charge in [-0.15, -0.1) is 0 Å². The van der Waals surface area contributed by atoms with Crippen LogP contribution in [0.4, 0.5) is 0 Å². The fourth-order valence-corrected chi connectivity index (χ4v) is 3.25. The van der Waals surface area contributed by atoms with Gasteiger partial charge in [0.25, 0.3) is 11.8 Å². The van der Waals surface area contributed by atoms with Crippen molar-refractivity contribution < 1.29 is 19.4 Å². The molecule has 1 heterocycles. The average molecular weight is 407 g/mol. The Balaban J connectivity index is 2.01. The molecule has 0 aliphatic heterocycles. The molecule has 156 valence electrons. The summed E-state index contributed by atoms with van der Waals surface area (Å²) in [6.07, 6.45) is 3.59. The molecule has 0 bridgehead atoms. The van der Waals surface area contributed by atoms with E-state index in [1.54, 1.807) is 30.3 Å². The Morgan fingerprint density at radius 1 is 1.13 bits per heavy atom. The zero-order valence-electron chi connectivity index (χ0n) is 17.0. The Labute approximate surface area is 175 Å². The minimum absolute atomic E-state index is 0.0808. The van der Waals surface area contributed by atoms with Gasteiger partial charge in [0.1, 0.15) is 11.4 Å². The smallest absolute Gasteiger partial charge is 0.267 e. The van der Waals surface area contributed by atoms with Gasteiger partial charge in [-0.2, -0.15) is 0 Å². The highest BCUT2D eigenvalue weighted by atomic mass is 16.5. The summed E-state index contributed by atoms with van der Waals surface area (Å²) in [5.41, 5.74) is 2.24. The third-order valence-corrected chi connectivity index (χ3v) is 4.70. The highest BCUT2D eigenvalue weighted by Gasteiger charge is 2.18. The summed E-state index contributed by atoms with van der Waals surface area (Å²) in [5.74, 6) is -0.537. The fraction of sp³-hybridized carbons (Fsp3) is 0.217. The maximum atomic E-state index is 12.9. The molecule has 2 amide bonds. The number of aliphatic hydroxyl groups is 1. The number of aryl methyl sites for hydroxylation is 1. The van der Waals surface area contributed by atoms with Gasteiger partial charge in [-0.1, -0.05) is 30.3 Å². The number of benzene rings is 2. The van der Waals surface area contributed by atoms with E-state index >= 15 is 0 Å². The lowest BCUT2D eigenvalue weighted by Crippen LogP contribution is -2.36. The summed E-state index contributed by atoms with van der Waals surface area (Å²) in [6.45, 7) is 2.69. The first-order chi connectivity index (χ1) is 14.6. The van der Waals surface area contributed by atoms with Crippen molar-refractivity contribution in [1.29, 1.82) is 0 Å². The molecule has 3 rings (SSSR count). The number of nitrogens with zero attached hydrogens (tertiary/aromatic N) is 1. The third-order valence-electron chi connectivity index (χ3n) is 4.70. The first kappa shape index (κ1) is 21.1. The van der Waals surface area contributed by atoms with Crippen LogP contribution in [0, 0.1) is 0 Å². The molecular formula is C23H25N3O4. The lowest BCUT2D eigenvalue weighted by Gasteiger charge is -2.12. The number of nitrogens with one attached hydrogen (secondary N) is 2. The Morgan fingerprint density at radius 2 is 1.87 bits per heavy atom. The number of aromatic nitrogens is 1. The van der Waals surface area contributed by atoms with E-state index in [2.05, 4.69) is 15.2 Å². The second-order valence-electron chi connectivity index (χ2n) is 6.58. The standard InChI is InChI=1S/C23H25N3O4/c1-3-26-15-16(17-8-4-6-10-20(17)26)14-19(23(29)24-12-13-27)25-22(28)18-9-5-7-11-21(18)30-2/h4-11,14-15,27H,3,12-13H2,1-2H3,(H,24,29)(H,25,28)/b19-14-. The molecule has 3 N–H and O–H groups in total. The number of methoxy groups -OCH3 is 1. The summed E-state index contributed by atoms with van der Waals surface area (Å²) in [6, 6.07) is 14.7. The summed E-state index contributed by atoms with van der Waals surface area (Å²) < 4.78 is 7.33. The predicted molar refractivity (Wildman–Crippen MR) is 116 cm³/mol. The second kappa shape index (κ2) is 9.76. The predicted octanol–water partition coefficient (Wildman–Crippen LogP) is 2.55. The van der Waals surface area contributed by atoms with Crippen molar-refractivity contribution in [1.82, 2.24) is 15.2 Å². The van der Waals surface area contributed by atoms with Crippen molar-refractivity contribution in [2.45, 2.75) is 13.5 Å². The van der Waals surface area contributed by atoms with Crippen LogP contribution in [0.1, 0.15) is 22.8 Å². The summed E-state index contributed by atoms with van der Waals surface area (Å²) in [4.78, 5) is 25.6. The number of carbonyl (C=O) groups excluding carboxylic acids is 2. The number of aliphatic hydroxyl groups excluding tert-OH is 1. The minimum Gasteiger partial charge on any atom is -0.496 e. The van der Waals surface area contributed by atoms with Gasteiger partial charge < -0.3 is 25.0 Å². The van der Waals surface area contributed by atoms with Crippen LogP contribution in [-0.2, 0) is 11.3 Å². The highest BCUT2D eigenvalue weighted by molar-refractivity contribution is 6.07. The maximum Gasteiger partial charge on any atom is 0.267 e. The van der Waals surface area contributed by atoms with Crippen LogP contribution >= 0.6 is 0 Å². The number of fused-ring (bicyclic) bond motifs is 1. The van der Waals surface area contributed by atoms with Gasteiger partial charge >= 0.3 is 0 Å². The number of carbonyl (C=O) groups is 2. The van der Waals surface area contributed by atoms with Crippen LogP contribution in [0.5, 0.6) is 5.75 Å². The van der Waals surface area contributed by atoms with Gasteiger partial charge in [-0.25, -0.2) is 0 Å². The number of para-hydroxylation sites is 2. The molecular weight excluding hydrogens is 382 g/mol. The van der Waals surface area contributed by atoms with Crippen LogP contribution in [0.25, 0.3) is 17.0 Å². The molecule has 0 saturated carbocycles. The quantitative estimate of drug-likeness (QED) is 0.501. The van der Waals surface area contributed by atoms with E-state index in [-0.39, 0.29) is 18.8 Å². The Bertz CT molecular complexity index is 1080. The fourth-order valence-electron chi connectivity index (χ4n) is 3.25. The molecule has 3 aromatic rings. The Hall–Kier alpha value is -3.58. The SMILES string of the molecule is CCn1cc(/C=C(\NC(=O)c2ccccc2OC)C(=O)NCCO)c2ccccc21. The zero-order chi connectivity index (χ0) is 21.5. The first-order valence-electron chi connectivity index (χ1n) is 9.72. The van der Waals surface area contributed by atoms with Crippen molar-refractivity contribution in [2.75, 3.05) is 20.3 Å². The number of hydrogen-bond acceptors (Lipinski definition) is 4. The molecule has 0 saturated heterocycles. The minimum atomic E-state index is -0.486. The largest absolute Gasteiger partial charge is 0.496 e. The van der Waals surface area contributed by atoms with Gasteiger partial charge in [0, 0.05) is 35.8 Å². The van der Waals surface area contributed by atoms with Gasteiger partial charge in [-0.3, -0.25) is 9.59 Å². The molecule has 0 fully saturated rings. The number of ether oxygens (including phenoxy) is 1. The van der Waals surface area contributed by atoms with Crippen molar-refractivity contribution in [3.63, 3.8) is 0 Å². The zero-order valence-corrected chi connectivity index (χ0v) is 17.0. The van der Waals surface area contributed by atoms with Crippen LogP contribution in [0.3, 0.4) is 0 Å². The van der Waals surface area contributed by atoms with E-state index in [1.807, 2.05) is 37.4 Å². The molecule has 0 unspecified atom stereocenters. The van der Waals surface area contributed by atoms with Gasteiger partial charge in [0.05, 0.1) is 19.3 Å². The van der Waals surface area contributed by atoms with E-state index in [0.29, 0.717) is 11.3 Å². The topological polar surface area (TPSA) is 92.6 Å². The molecule has 30 heavy (non-hydrogen) atoms. The molecule has 1 aromatic heterocycles. The van der Waals surface area contributed by atoms with E-state index in [4.69, 9.17) is 9.84 Å². The summed E-state index contributed by atoms with van der Waals surface area (Å²) >= 11 is 0. The Kier molecular flexibility index (Phi) is 6.87. The molecule has 7 heteroatoms. The average Bonchev–Trinajstić information content (AvgIpc) is 3.14. The van der Waals surface area contributed by atoms with Crippen LogP contribution in [-0.4, -0.2) is 41.7 Å². The second-order valence-corrected chi connectivity index (χ2v) is 6.58. The van der Waals surface area contributed by atoms with Crippen molar-refractivity contribution in [3.05, 3.63) is 71.6 Å². The molecule has 0 atom stereocenters. The monoisotopic (exact) mass is 407 g/mol. The lowest BCUT2D eigenvalue weighted by atomic mass is 10.1. The van der Waals surface area contributed by atoms with Crippen molar-refractivity contribution in [3.8, 4) is 5.75 Å². The third kappa shape index (κ3) is 4.52. The van der Waals surface area contributed by atoms with Crippen LogP contribution < -0.4 is 15.4 Å². The van der Waals surface area contributed by atoms with Gasteiger partial charge in [0.2, 0.25) is 0 Å². The van der Waals surface area contributed by atoms with E-state index in [0.717, 1.165) is 23.0 Å². The van der Waals surface area contributed by atoms with Crippen molar-refractivity contribution >= 4 is 28.8 Å². The lowest BCUT2D eigenvalue weighted by molar-refractivity contribution is -0.117. The van der Waals surface area contributed by atoms with Crippen molar-refractivity contribution in [2.24, 2.45) is 0 Å². The number of amides is 2. The highest BCUT2D eigenvalue weighted by Crippen LogP contribution is 2.24. The van der Waals surface area contributed by atoms with E-state index in [9.17, 15) is 9.59 Å². The molecule has 0 aliphatic carbocycles. The molecule has 0 spiro atoms. The van der Waals surface area contributed by atoms with Crippen LogP contribution in [0.2, 0.25) is 0 Å². The molecule has 7 nitrogen and oxygen atoms in total. The maximum absolute atomic E-state index is 12.9. The number of hydrogen-bond donors (Lipinski definition) is 3. The normalized spacial score (nSPS) is 11.4. The molecule has 0 aliphatic rings.